The molecule has 31 heavy (non-hydrogen) atoms. The van der Waals surface area contributed by atoms with Crippen LogP contribution in [0.2, 0.25) is 5.02 Å². The molecule has 2 heterocycles. The van der Waals surface area contributed by atoms with E-state index in [0.717, 1.165) is 5.56 Å². The Balaban J connectivity index is 1.67. The van der Waals surface area contributed by atoms with Gasteiger partial charge >= 0.3 is 0 Å². The predicted molar refractivity (Wildman–Crippen MR) is 117 cm³/mol. The van der Waals surface area contributed by atoms with Crippen LogP contribution >= 0.6 is 11.6 Å². The standard InChI is InChI=1S/C22H29ClN4O4/c1-13(14(2)25-18(28)17-11-31-20(24)26-17)19(29)27-10-9-22(30,21(3,4)12-27)15-5-7-16(23)8-6-15/h5-8,11,13-14,30H,9-10,12H2,1-4H3,(H2,24,26)(H,25,28)/t13-,14?,22+/m1/s1. The number of amides is 2. The number of oxazole rings is 1. The smallest absolute Gasteiger partial charge is 0.292 e. The average molecular weight is 449 g/mol. The fraction of sp³-hybridized carbons (Fsp3) is 0.500. The van der Waals surface area contributed by atoms with E-state index in [2.05, 4.69) is 10.3 Å². The minimum atomic E-state index is -1.08. The number of carbonyl (C=O) groups excluding carboxylic acids is 2. The second-order valence-electron chi connectivity index (χ2n) is 8.88. The molecule has 1 unspecified atom stereocenters. The molecule has 0 saturated carbocycles. The number of benzene rings is 1. The first-order chi connectivity index (χ1) is 14.4. The number of halogens is 1. The molecule has 0 spiro atoms. The van der Waals surface area contributed by atoms with E-state index in [1.807, 2.05) is 26.0 Å². The Labute approximate surface area is 186 Å². The molecule has 0 aliphatic carbocycles. The van der Waals surface area contributed by atoms with Gasteiger partial charge in [-0.15, -0.1) is 0 Å². The fourth-order valence-corrected chi connectivity index (χ4v) is 4.20. The highest BCUT2D eigenvalue weighted by molar-refractivity contribution is 6.30. The van der Waals surface area contributed by atoms with Crippen LogP contribution in [0.15, 0.2) is 34.9 Å². The summed E-state index contributed by atoms with van der Waals surface area (Å²) in [5.41, 5.74) is 4.59. The quantitative estimate of drug-likeness (QED) is 0.646. The molecule has 1 aromatic carbocycles. The number of aliphatic hydroxyl groups is 1. The SMILES string of the molecule is CC(NC(=O)c1coc(N)n1)[C@@H](C)C(=O)N1CC[C@](O)(c2ccc(Cl)cc2)C(C)(C)C1. The molecule has 8 nitrogen and oxygen atoms in total. The van der Waals surface area contributed by atoms with E-state index >= 15 is 0 Å². The molecule has 9 heteroatoms. The Morgan fingerprint density at radius 2 is 1.94 bits per heavy atom. The lowest BCUT2D eigenvalue weighted by molar-refractivity contribution is -0.156. The number of aromatic nitrogens is 1. The summed E-state index contributed by atoms with van der Waals surface area (Å²) in [6.45, 7) is 8.24. The van der Waals surface area contributed by atoms with Crippen molar-refractivity contribution in [1.82, 2.24) is 15.2 Å². The van der Waals surface area contributed by atoms with E-state index in [-0.39, 0.29) is 17.6 Å². The molecular weight excluding hydrogens is 420 g/mol. The van der Waals surface area contributed by atoms with Crippen molar-refractivity contribution in [3.8, 4) is 0 Å². The molecule has 2 amide bonds. The molecule has 2 aromatic rings. The predicted octanol–water partition coefficient (Wildman–Crippen LogP) is 2.81. The van der Waals surface area contributed by atoms with Crippen LogP contribution in [0.5, 0.6) is 0 Å². The van der Waals surface area contributed by atoms with Crippen LogP contribution in [-0.2, 0) is 10.4 Å². The number of hydrogen-bond donors (Lipinski definition) is 3. The molecule has 0 radical (unpaired) electrons. The number of anilines is 1. The number of nitrogens with one attached hydrogen (secondary N) is 1. The number of likely N-dealkylation sites (tertiary alicyclic amines) is 1. The number of piperidine rings is 1. The van der Waals surface area contributed by atoms with Gasteiger partial charge in [-0.2, -0.15) is 4.98 Å². The van der Waals surface area contributed by atoms with E-state index in [0.29, 0.717) is 24.5 Å². The van der Waals surface area contributed by atoms with Gasteiger partial charge in [0.1, 0.15) is 6.26 Å². The second-order valence-corrected chi connectivity index (χ2v) is 9.32. The number of hydrogen-bond acceptors (Lipinski definition) is 6. The largest absolute Gasteiger partial charge is 0.431 e. The van der Waals surface area contributed by atoms with E-state index in [4.69, 9.17) is 21.8 Å². The topological polar surface area (TPSA) is 122 Å². The monoisotopic (exact) mass is 448 g/mol. The van der Waals surface area contributed by atoms with E-state index in [1.165, 1.54) is 6.26 Å². The lowest BCUT2D eigenvalue weighted by Crippen LogP contribution is -2.58. The first-order valence-electron chi connectivity index (χ1n) is 10.2. The molecule has 3 rings (SSSR count). The molecule has 1 aromatic heterocycles. The third kappa shape index (κ3) is 4.55. The second kappa shape index (κ2) is 8.51. The number of nitrogen functional groups attached to an aromatic ring is 1. The van der Waals surface area contributed by atoms with Crippen molar-refractivity contribution in [3.63, 3.8) is 0 Å². The van der Waals surface area contributed by atoms with Gasteiger partial charge in [0.15, 0.2) is 5.69 Å². The van der Waals surface area contributed by atoms with Gasteiger partial charge in [-0.1, -0.05) is 44.5 Å². The Kier molecular flexibility index (Phi) is 6.34. The lowest BCUT2D eigenvalue weighted by Gasteiger charge is -2.51. The Morgan fingerprint density at radius 1 is 1.29 bits per heavy atom. The molecular formula is C22H29ClN4O4. The van der Waals surface area contributed by atoms with Gasteiger partial charge in [0.05, 0.1) is 11.5 Å². The molecule has 4 N–H and O–H groups in total. The highest BCUT2D eigenvalue weighted by Crippen LogP contribution is 2.46. The van der Waals surface area contributed by atoms with E-state index in [1.54, 1.807) is 30.9 Å². The van der Waals surface area contributed by atoms with Crippen molar-refractivity contribution < 1.29 is 19.1 Å². The van der Waals surface area contributed by atoms with Crippen LogP contribution in [0.4, 0.5) is 6.01 Å². The van der Waals surface area contributed by atoms with Gasteiger partial charge in [0, 0.05) is 29.6 Å². The fourth-order valence-electron chi connectivity index (χ4n) is 4.07. The zero-order valence-electron chi connectivity index (χ0n) is 18.2. The number of carbonyl (C=O) groups is 2. The lowest BCUT2D eigenvalue weighted by atomic mass is 9.66. The first-order valence-corrected chi connectivity index (χ1v) is 10.6. The van der Waals surface area contributed by atoms with Crippen LogP contribution < -0.4 is 11.1 Å². The van der Waals surface area contributed by atoms with Gasteiger partial charge < -0.3 is 25.5 Å². The first kappa shape index (κ1) is 23.1. The Morgan fingerprint density at radius 3 is 2.48 bits per heavy atom. The van der Waals surface area contributed by atoms with Crippen LogP contribution in [0.25, 0.3) is 0 Å². The maximum absolute atomic E-state index is 13.2. The summed E-state index contributed by atoms with van der Waals surface area (Å²) in [5.74, 6) is -1.01. The number of nitrogens with zero attached hydrogens (tertiary/aromatic N) is 2. The zero-order valence-corrected chi connectivity index (χ0v) is 18.9. The minimum Gasteiger partial charge on any atom is -0.431 e. The van der Waals surface area contributed by atoms with Gasteiger partial charge in [-0.25, -0.2) is 0 Å². The summed E-state index contributed by atoms with van der Waals surface area (Å²) < 4.78 is 4.86. The van der Waals surface area contributed by atoms with Gasteiger partial charge in [-0.3, -0.25) is 9.59 Å². The summed E-state index contributed by atoms with van der Waals surface area (Å²) in [7, 11) is 0. The summed E-state index contributed by atoms with van der Waals surface area (Å²) >= 11 is 5.99. The van der Waals surface area contributed by atoms with Crippen LogP contribution in [0.1, 0.15) is 50.2 Å². The van der Waals surface area contributed by atoms with Crippen LogP contribution in [0, 0.1) is 11.3 Å². The van der Waals surface area contributed by atoms with Gasteiger partial charge in [0.2, 0.25) is 5.91 Å². The van der Waals surface area contributed by atoms with Crippen LogP contribution in [-0.4, -0.2) is 45.9 Å². The van der Waals surface area contributed by atoms with Crippen molar-refractivity contribution in [2.75, 3.05) is 18.8 Å². The maximum Gasteiger partial charge on any atom is 0.292 e. The minimum absolute atomic E-state index is 0.0659. The van der Waals surface area contributed by atoms with Gasteiger partial charge in [0.25, 0.3) is 11.9 Å². The highest BCUT2D eigenvalue weighted by atomic mass is 35.5. The molecule has 3 atom stereocenters. The van der Waals surface area contributed by atoms with Crippen molar-refractivity contribution >= 4 is 29.4 Å². The Bertz CT molecular complexity index is 959. The van der Waals surface area contributed by atoms with E-state index in [9.17, 15) is 14.7 Å². The summed E-state index contributed by atoms with van der Waals surface area (Å²) in [4.78, 5) is 31.0. The van der Waals surface area contributed by atoms with Gasteiger partial charge in [-0.05, 0) is 31.0 Å². The third-order valence-electron chi connectivity index (χ3n) is 6.34. The molecule has 1 aliphatic heterocycles. The number of rotatable bonds is 5. The molecule has 168 valence electrons. The summed E-state index contributed by atoms with van der Waals surface area (Å²) in [5, 5.41) is 14.9. The molecule has 1 saturated heterocycles. The summed E-state index contributed by atoms with van der Waals surface area (Å²) in [6.07, 6.45) is 1.58. The van der Waals surface area contributed by atoms with Crippen molar-refractivity contribution in [2.45, 2.75) is 45.8 Å². The number of nitrogens with two attached hydrogens (primary N) is 1. The third-order valence-corrected chi connectivity index (χ3v) is 6.59. The van der Waals surface area contributed by atoms with Crippen molar-refractivity contribution in [3.05, 3.63) is 46.8 Å². The average Bonchev–Trinajstić information content (AvgIpc) is 3.15. The molecule has 1 aliphatic rings. The van der Waals surface area contributed by atoms with E-state index < -0.39 is 28.9 Å². The van der Waals surface area contributed by atoms with Crippen LogP contribution in [0.3, 0.4) is 0 Å². The highest BCUT2D eigenvalue weighted by Gasteiger charge is 2.50. The van der Waals surface area contributed by atoms with Crippen molar-refractivity contribution in [1.29, 1.82) is 0 Å². The van der Waals surface area contributed by atoms with Crippen molar-refractivity contribution in [2.24, 2.45) is 11.3 Å². The summed E-state index contributed by atoms with van der Waals surface area (Å²) in [6, 6.07) is 6.66. The maximum atomic E-state index is 13.2. The normalized spacial score (nSPS) is 22.6. The Hall–Kier alpha value is -2.58. The molecule has 0 bridgehead atoms. The molecule has 1 fully saturated rings. The zero-order chi connectivity index (χ0) is 23.0.